The lowest BCUT2D eigenvalue weighted by Crippen LogP contribution is -2.13. The number of carbonyl (C=O) groups excluding carboxylic acids is 1. The van der Waals surface area contributed by atoms with Crippen molar-refractivity contribution in [1.82, 2.24) is 9.97 Å². The Balaban J connectivity index is 2.15. The van der Waals surface area contributed by atoms with Gasteiger partial charge in [-0.1, -0.05) is 11.8 Å². The number of pyridine rings is 2. The molecule has 0 aliphatic rings. The summed E-state index contributed by atoms with van der Waals surface area (Å²) in [6.45, 7) is 1.61. The number of rotatable bonds is 2. The number of anilines is 1. The number of aliphatic hydroxyl groups is 1. The molecule has 0 radical (unpaired) electrons. The van der Waals surface area contributed by atoms with E-state index in [1.807, 2.05) is 6.92 Å². The average molecular weight is 267 g/mol. The molecule has 1 amide bonds. The van der Waals surface area contributed by atoms with Crippen molar-refractivity contribution in [3.05, 3.63) is 53.5 Å². The first-order valence-electron chi connectivity index (χ1n) is 5.99. The van der Waals surface area contributed by atoms with Crippen molar-refractivity contribution >= 4 is 11.7 Å². The van der Waals surface area contributed by atoms with Gasteiger partial charge in [0.05, 0.1) is 0 Å². The van der Waals surface area contributed by atoms with Crippen molar-refractivity contribution in [1.29, 1.82) is 0 Å². The largest absolute Gasteiger partial charge is 0.384 e. The summed E-state index contributed by atoms with van der Waals surface area (Å²) >= 11 is 0. The van der Waals surface area contributed by atoms with Gasteiger partial charge in [-0.2, -0.15) is 0 Å². The van der Waals surface area contributed by atoms with Crippen LogP contribution in [-0.4, -0.2) is 27.6 Å². The minimum Gasteiger partial charge on any atom is -0.384 e. The van der Waals surface area contributed by atoms with E-state index in [1.165, 1.54) is 0 Å². The van der Waals surface area contributed by atoms with Crippen LogP contribution in [0.25, 0.3) is 0 Å². The third-order valence-corrected chi connectivity index (χ3v) is 2.47. The van der Waals surface area contributed by atoms with Gasteiger partial charge in [-0.3, -0.25) is 9.78 Å². The SMILES string of the molecule is Cc1cc(C(=O)Nc2cc(C#CCO)ccn2)ccn1. The number of amides is 1. The number of hydrogen-bond donors (Lipinski definition) is 2. The molecule has 2 heterocycles. The lowest BCUT2D eigenvalue weighted by atomic mass is 10.2. The molecule has 2 aromatic heterocycles. The Morgan fingerprint density at radius 2 is 2.10 bits per heavy atom. The van der Waals surface area contributed by atoms with Crippen LogP contribution in [0.1, 0.15) is 21.6 Å². The second-order valence-corrected chi connectivity index (χ2v) is 4.03. The highest BCUT2D eigenvalue weighted by Crippen LogP contribution is 2.09. The van der Waals surface area contributed by atoms with E-state index in [0.29, 0.717) is 16.9 Å². The van der Waals surface area contributed by atoms with Crippen molar-refractivity contribution < 1.29 is 9.90 Å². The lowest BCUT2D eigenvalue weighted by Gasteiger charge is -2.05. The van der Waals surface area contributed by atoms with Crippen molar-refractivity contribution in [2.45, 2.75) is 6.92 Å². The molecule has 2 rings (SSSR count). The van der Waals surface area contributed by atoms with E-state index < -0.39 is 0 Å². The predicted molar refractivity (Wildman–Crippen MR) is 75.1 cm³/mol. The molecule has 0 spiro atoms. The van der Waals surface area contributed by atoms with Crippen LogP contribution in [-0.2, 0) is 0 Å². The Hall–Kier alpha value is -2.71. The van der Waals surface area contributed by atoms with E-state index >= 15 is 0 Å². The van der Waals surface area contributed by atoms with Crippen LogP contribution in [0.5, 0.6) is 0 Å². The molecule has 100 valence electrons. The van der Waals surface area contributed by atoms with Gasteiger partial charge in [0.1, 0.15) is 12.4 Å². The van der Waals surface area contributed by atoms with E-state index in [1.54, 1.807) is 36.7 Å². The molecule has 2 N–H and O–H groups in total. The molecule has 0 aromatic carbocycles. The monoisotopic (exact) mass is 267 g/mol. The van der Waals surface area contributed by atoms with Crippen molar-refractivity contribution in [2.24, 2.45) is 0 Å². The molecule has 2 aromatic rings. The zero-order chi connectivity index (χ0) is 14.4. The number of aromatic nitrogens is 2. The van der Waals surface area contributed by atoms with Gasteiger partial charge in [0.25, 0.3) is 5.91 Å². The van der Waals surface area contributed by atoms with Crippen LogP contribution in [0.4, 0.5) is 5.82 Å². The van der Waals surface area contributed by atoms with Gasteiger partial charge in [-0.15, -0.1) is 0 Å². The Labute approximate surface area is 116 Å². The maximum absolute atomic E-state index is 12.0. The van der Waals surface area contributed by atoms with Crippen molar-refractivity contribution in [3.63, 3.8) is 0 Å². The topological polar surface area (TPSA) is 75.1 Å². The highest BCUT2D eigenvalue weighted by atomic mass is 16.2. The molecule has 5 nitrogen and oxygen atoms in total. The van der Waals surface area contributed by atoms with E-state index in [2.05, 4.69) is 27.1 Å². The first-order valence-corrected chi connectivity index (χ1v) is 5.99. The molecule has 5 heteroatoms. The normalized spacial score (nSPS) is 9.50. The summed E-state index contributed by atoms with van der Waals surface area (Å²) in [5.41, 5.74) is 1.97. The highest BCUT2D eigenvalue weighted by molar-refractivity contribution is 6.03. The van der Waals surface area contributed by atoms with E-state index in [4.69, 9.17) is 5.11 Å². The van der Waals surface area contributed by atoms with Gasteiger partial charge in [-0.05, 0) is 31.2 Å². The van der Waals surface area contributed by atoms with Crippen LogP contribution in [0.15, 0.2) is 36.7 Å². The van der Waals surface area contributed by atoms with Crippen LogP contribution >= 0.6 is 0 Å². The first-order chi connectivity index (χ1) is 9.69. The Bertz CT molecular complexity index is 687. The summed E-state index contributed by atoms with van der Waals surface area (Å²) < 4.78 is 0. The molecule has 0 atom stereocenters. The number of hydrogen-bond acceptors (Lipinski definition) is 4. The fraction of sp³-hybridized carbons (Fsp3) is 0.133. The highest BCUT2D eigenvalue weighted by Gasteiger charge is 2.07. The quantitative estimate of drug-likeness (QED) is 0.806. The molecular formula is C15H13N3O2. The average Bonchev–Trinajstić information content (AvgIpc) is 2.45. The maximum Gasteiger partial charge on any atom is 0.256 e. The van der Waals surface area contributed by atoms with E-state index in [-0.39, 0.29) is 12.5 Å². The van der Waals surface area contributed by atoms with Gasteiger partial charge in [-0.25, -0.2) is 4.98 Å². The lowest BCUT2D eigenvalue weighted by molar-refractivity contribution is 0.102. The number of carbonyl (C=O) groups is 1. The minimum absolute atomic E-state index is 0.208. The van der Waals surface area contributed by atoms with Crippen LogP contribution < -0.4 is 5.32 Å². The Morgan fingerprint density at radius 3 is 2.85 bits per heavy atom. The summed E-state index contributed by atoms with van der Waals surface area (Å²) in [7, 11) is 0. The number of aryl methyl sites for hydroxylation is 1. The zero-order valence-corrected chi connectivity index (χ0v) is 10.9. The Morgan fingerprint density at radius 1 is 1.30 bits per heavy atom. The number of aliphatic hydroxyl groups excluding tert-OH is 1. The van der Waals surface area contributed by atoms with Gasteiger partial charge < -0.3 is 10.4 Å². The molecule has 0 saturated heterocycles. The summed E-state index contributed by atoms with van der Waals surface area (Å²) in [6.07, 6.45) is 3.13. The van der Waals surface area contributed by atoms with Crippen molar-refractivity contribution in [3.8, 4) is 11.8 Å². The summed E-state index contributed by atoms with van der Waals surface area (Å²) in [4.78, 5) is 20.1. The molecule has 0 unspecified atom stereocenters. The molecule has 0 aliphatic carbocycles. The Kier molecular flexibility index (Phi) is 4.43. The standard InChI is InChI=1S/C15H13N3O2/c1-11-9-13(5-7-16-11)15(20)18-14-10-12(3-2-8-19)4-6-17-14/h4-7,9-10,19H,8H2,1H3,(H,17,18,20). The number of nitrogens with zero attached hydrogens (tertiary/aromatic N) is 2. The summed E-state index contributed by atoms with van der Waals surface area (Å²) in [5.74, 6) is 5.45. The fourth-order valence-electron chi connectivity index (χ4n) is 1.59. The molecule has 0 bridgehead atoms. The zero-order valence-electron chi connectivity index (χ0n) is 10.9. The summed E-state index contributed by atoms with van der Waals surface area (Å²) in [6, 6.07) is 6.69. The van der Waals surface area contributed by atoms with E-state index in [0.717, 1.165) is 5.69 Å². The maximum atomic E-state index is 12.0. The van der Waals surface area contributed by atoms with Crippen LogP contribution in [0.2, 0.25) is 0 Å². The van der Waals surface area contributed by atoms with E-state index in [9.17, 15) is 4.79 Å². The van der Waals surface area contributed by atoms with Crippen molar-refractivity contribution in [2.75, 3.05) is 11.9 Å². The molecule has 20 heavy (non-hydrogen) atoms. The van der Waals surface area contributed by atoms with Gasteiger partial charge in [0, 0.05) is 29.2 Å². The van der Waals surface area contributed by atoms with Crippen LogP contribution in [0, 0.1) is 18.8 Å². The first kappa shape index (κ1) is 13.7. The van der Waals surface area contributed by atoms with Gasteiger partial charge in [0.15, 0.2) is 0 Å². The number of nitrogens with one attached hydrogen (secondary N) is 1. The summed E-state index contributed by atoms with van der Waals surface area (Å²) in [5, 5.41) is 11.3. The fourth-order valence-corrected chi connectivity index (χ4v) is 1.59. The smallest absolute Gasteiger partial charge is 0.256 e. The third kappa shape index (κ3) is 3.64. The van der Waals surface area contributed by atoms with Gasteiger partial charge in [0.2, 0.25) is 0 Å². The third-order valence-electron chi connectivity index (χ3n) is 2.47. The second-order valence-electron chi connectivity index (χ2n) is 4.03. The molecule has 0 saturated carbocycles. The molecule has 0 aliphatic heterocycles. The van der Waals surface area contributed by atoms with Gasteiger partial charge >= 0.3 is 0 Å². The predicted octanol–water partition coefficient (Wildman–Crippen LogP) is 1.38. The van der Waals surface area contributed by atoms with Crippen LogP contribution in [0.3, 0.4) is 0 Å². The minimum atomic E-state index is -0.254. The molecular weight excluding hydrogens is 254 g/mol. The molecule has 0 fully saturated rings. The second kappa shape index (κ2) is 6.45.